The highest BCUT2D eigenvalue weighted by Gasteiger charge is 2.19. The molecule has 0 aliphatic carbocycles. The molecule has 0 bridgehead atoms. The number of ether oxygens (including phenoxy) is 1. The lowest BCUT2D eigenvalue weighted by molar-refractivity contribution is -0.137. The van der Waals surface area contributed by atoms with Crippen molar-refractivity contribution in [2.24, 2.45) is 0 Å². The van der Waals surface area contributed by atoms with Gasteiger partial charge in [0.15, 0.2) is 0 Å². The lowest BCUT2D eigenvalue weighted by Gasteiger charge is -2.10. The minimum Gasteiger partial charge on any atom is -0.480 e. The Hall–Kier alpha value is -1.07. The highest BCUT2D eigenvalue weighted by Crippen LogP contribution is 2.26. The zero-order valence-electron chi connectivity index (χ0n) is 8.14. The Kier molecular flexibility index (Phi) is 4.58. The Bertz CT molecular complexity index is 343. The molecule has 0 aliphatic heterocycles. The van der Waals surface area contributed by atoms with Crippen LogP contribution < -0.4 is 0 Å². The molecule has 0 saturated heterocycles. The first-order chi connectivity index (χ1) is 7.15. The van der Waals surface area contributed by atoms with E-state index in [1.807, 2.05) is 0 Å². The van der Waals surface area contributed by atoms with E-state index < -0.39 is 17.0 Å². The van der Waals surface area contributed by atoms with Crippen LogP contribution in [0.5, 0.6) is 0 Å². The minimum atomic E-state index is -1.01. The van der Waals surface area contributed by atoms with Crippen molar-refractivity contribution in [2.75, 3.05) is 13.7 Å². The largest absolute Gasteiger partial charge is 0.480 e. The SMILES string of the molecule is COCC(Sc1ccccc1F)C(=O)O. The molecule has 1 aromatic carbocycles. The van der Waals surface area contributed by atoms with Crippen LogP contribution >= 0.6 is 11.8 Å². The van der Waals surface area contributed by atoms with Gasteiger partial charge in [-0.25, -0.2) is 4.39 Å². The van der Waals surface area contributed by atoms with E-state index in [-0.39, 0.29) is 6.61 Å². The van der Waals surface area contributed by atoms with Gasteiger partial charge < -0.3 is 9.84 Å². The molecule has 0 amide bonds. The van der Waals surface area contributed by atoms with E-state index in [9.17, 15) is 9.18 Å². The van der Waals surface area contributed by atoms with Gasteiger partial charge in [-0.05, 0) is 12.1 Å². The van der Waals surface area contributed by atoms with Crippen molar-refractivity contribution in [2.45, 2.75) is 10.1 Å². The number of methoxy groups -OCH3 is 1. The third-order valence-corrected chi connectivity index (χ3v) is 2.91. The molecule has 15 heavy (non-hydrogen) atoms. The van der Waals surface area contributed by atoms with Crippen molar-refractivity contribution in [3.63, 3.8) is 0 Å². The summed E-state index contributed by atoms with van der Waals surface area (Å²) in [5.41, 5.74) is 0. The maximum absolute atomic E-state index is 13.2. The Labute approximate surface area is 91.2 Å². The van der Waals surface area contributed by atoms with Gasteiger partial charge in [-0.3, -0.25) is 4.79 Å². The standard InChI is InChI=1S/C10H11FO3S/c1-14-6-9(10(12)13)15-8-5-3-2-4-7(8)11/h2-5,9H,6H2,1H3,(H,12,13). The lowest BCUT2D eigenvalue weighted by Crippen LogP contribution is -2.21. The smallest absolute Gasteiger partial charge is 0.319 e. The van der Waals surface area contributed by atoms with E-state index in [0.717, 1.165) is 11.8 Å². The lowest BCUT2D eigenvalue weighted by atomic mass is 10.3. The first kappa shape index (κ1) is 12.0. The molecule has 0 radical (unpaired) electrons. The monoisotopic (exact) mass is 230 g/mol. The van der Waals surface area contributed by atoms with E-state index in [2.05, 4.69) is 0 Å². The third kappa shape index (κ3) is 3.53. The normalized spacial score (nSPS) is 12.4. The fourth-order valence-corrected chi connectivity index (χ4v) is 1.95. The van der Waals surface area contributed by atoms with Crippen molar-refractivity contribution in [3.05, 3.63) is 30.1 Å². The Morgan fingerprint density at radius 3 is 2.80 bits per heavy atom. The van der Waals surface area contributed by atoms with Crippen LogP contribution in [0.4, 0.5) is 4.39 Å². The second-order valence-corrected chi connectivity index (χ2v) is 4.08. The second kappa shape index (κ2) is 5.72. The average molecular weight is 230 g/mol. The van der Waals surface area contributed by atoms with Gasteiger partial charge in [0.1, 0.15) is 11.1 Å². The first-order valence-corrected chi connectivity index (χ1v) is 5.16. The van der Waals surface area contributed by atoms with Gasteiger partial charge in [-0.1, -0.05) is 12.1 Å². The molecular formula is C10H11FO3S. The summed E-state index contributed by atoms with van der Waals surface area (Å²) in [6.45, 7) is 0.0499. The topological polar surface area (TPSA) is 46.5 Å². The van der Waals surface area contributed by atoms with Gasteiger partial charge in [-0.15, -0.1) is 11.8 Å². The second-order valence-electron chi connectivity index (χ2n) is 2.83. The summed E-state index contributed by atoms with van der Waals surface area (Å²) in [5.74, 6) is -1.42. The van der Waals surface area contributed by atoms with Crippen LogP contribution in [0.3, 0.4) is 0 Å². The number of hydrogen-bond acceptors (Lipinski definition) is 3. The van der Waals surface area contributed by atoms with E-state index >= 15 is 0 Å². The number of thioether (sulfide) groups is 1. The molecule has 82 valence electrons. The third-order valence-electron chi connectivity index (χ3n) is 1.70. The summed E-state index contributed by atoms with van der Waals surface area (Å²) < 4.78 is 18.0. The number of rotatable bonds is 5. The molecule has 5 heteroatoms. The molecule has 1 aromatic rings. The minimum absolute atomic E-state index is 0.0499. The zero-order chi connectivity index (χ0) is 11.3. The van der Waals surface area contributed by atoms with E-state index in [1.165, 1.54) is 13.2 Å². The van der Waals surface area contributed by atoms with Gasteiger partial charge in [0.2, 0.25) is 0 Å². The highest BCUT2D eigenvalue weighted by molar-refractivity contribution is 8.00. The fourth-order valence-electron chi connectivity index (χ4n) is 1.00. The predicted molar refractivity (Wildman–Crippen MR) is 55.6 cm³/mol. The molecule has 3 nitrogen and oxygen atoms in total. The number of carboxylic acids is 1. The Morgan fingerprint density at radius 1 is 1.60 bits per heavy atom. The van der Waals surface area contributed by atoms with Gasteiger partial charge in [0, 0.05) is 12.0 Å². The van der Waals surface area contributed by atoms with Gasteiger partial charge in [0.05, 0.1) is 6.61 Å². The molecule has 0 aromatic heterocycles. The van der Waals surface area contributed by atoms with E-state index in [0.29, 0.717) is 4.90 Å². The Balaban J connectivity index is 2.74. The molecule has 0 heterocycles. The maximum atomic E-state index is 13.2. The number of benzene rings is 1. The summed E-state index contributed by atoms with van der Waals surface area (Å²) in [4.78, 5) is 11.1. The van der Waals surface area contributed by atoms with Gasteiger partial charge >= 0.3 is 5.97 Å². The molecule has 1 N–H and O–H groups in total. The van der Waals surface area contributed by atoms with Crippen molar-refractivity contribution in [1.82, 2.24) is 0 Å². The maximum Gasteiger partial charge on any atom is 0.319 e. The average Bonchev–Trinajstić information content (AvgIpc) is 2.20. The molecule has 1 unspecified atom stereocenters. The molecule has 0 aliphatic rings. The number of hydrogen-bond donors (Lipinski definition) is 1. The molecule has 0 saturated carbocycles. The van der Waals surface area contributed by atoms with Crippen LogP contribution in [0.15, 0.2) is 29.2 Å². The van der Waals surface area contributed by atoms with Gasteiger partial charge in [-0.2, -0.15) is 0 Å². The highest BCUT2D eigenvalue weighted by atomic mass is 32.2. The summed E-state index contributed by atoms with van der Waals surface area (Å²) in [6.07, 6.45) is 0. The van der Waals surface area contributed by atoms with Crippen LogP contribution in [-0.4, -0.2) is 30.0 Å². The van der Waals surface area contributed by atoms with Crippen LogP contribution in [0.1, 0.15) is 0 Å². The quantitative estimate of drug-likeness (QED) is 0.786. The number of aliphatic carboxylic acids is 1. The zero-order valence-corrected chi connectivity index (χ0v) is 8.96. The molecular weight excluding hydrogens is 219 g/mol. The summed E-state index contributed by atoms with van der Waals surface area (Å²) in [6, 6.07) is 6.07. The summed E-state index contributed by atoms with van der Waals surface area (Å²) in [5, 5.41) is 8.05. The number of halogens is 1. The Morgan fingerprint density at radius 2 is 2.27 bits per heavy atom. The number of carboxylic acid groups (broad SMARTS) is 1. The van der Waals surface area contributed by atoms with E-state index in [4.69, 9.17) is 9.84 Å². The van der Waals surface area contributed by atoms with Crippen molar-refractivity contribution < 1.29 is 19.0 Å². The van der Waals surface area contributed by atoms with Crippen molar-refractivity contribution in [3.8, 4) is 0 Å². The number of carbonyl (C=O) groups is 1. The van der Waals surface area contributed by atoms with Crippen LogP contribution in [-0.2, 0) is 9.53 Å². The molecule has 1 atom stereocenters. The molecule has 1 rings (SSSR count). The fraction of sp³-hybridized carbons (Fsp3) is 0.300. The van der Waals surface area contributed by atoms with E-state index in [1.54, 1.807) is 18.2 Å². The predicted octanol–water partition coefficient (Wildman–Crippen LogP) is 2.02. The van der Waals surface area contributed by atoms with Gasteiger partial charge in [0.25, 0.3) is 0 Å². The first-order valence-electron chi connectivity index (χ1n) is 4.28. The van der Waals surface area contributed by atoms with Crippen molar-refractivity contribution in [1.29, 1.82) is 0 Å². The molecule has 0 fully saturated rings. The van der Waals surface area contributed by atoms with Crippen LogP contribution in [0.2, 0.25) is 0 Å². The summed E-state index contributed by atoms with van der Waals surface area (Å²) >= 11 is 0.948. The van der Waals surface area contributed by atoms with Crippen LogP contribution in [0.25, 0.3) is 0 Å². The molecule has 0 spiro atoms. The van der Waals surface area contributed by atoms with Crippen LogP contribution in [0, 0.1) is 5.82 Å². The summed E-state index contributed by atoms with van der Waals surface area (Å²) in [7, 11) is 1.41. The van der Waals surface area contributed by atoms with Crippen molar-refractivity contribution >= 4 is 17.7 Å².